The zero-order valence-corrected chi connectivity index (χ0v) is 14.8. The molecule has 4 rings (SSSR count). The van der Waals surface area contributed by atoms with Crippen LogP contribution in [0.5, 0.6) is 5.75 Å². The summed E-state index contributed by atoms with van der Waals surface area (Å²) in [7, 11) is 1.68. The van der Waals surface area contributed by atoms with Gasteiger partial charge in [0, 0.05) is 23.0 Å². The van der Waals surface area contributed by atoms with Crippen LogP contribution in [0.25, 0.3) is 10.8 Å². The molecule has 128 valence electrons. The first kappa shape index (κ1) is 17.1. The average Bonchev–Trinajstić information content (AvgIpc) is 3.05. The minimum absolute atomic E-state index is 0. The lowest BCUT2D eigenvalue weighted by Gasteiger charge is -2.18. The van der Waals surface area contributed by atoms with Crippen LogP contribution < -0.4 is 15.4 Å². The number of aliphatic imine (C=N–C) groups is 1. The lowest BCUT2D eigenvalue weighted by molar-refractivity contribution is 0.420. The Balaban J connectivity index is 0.00000182. The van der Waals surface area contributed by atoms with E-state index in [-0.39, 0.29) is 12.4 Å². The van der Waals surface area contributed by atoms with Gasteiger partial charge in [-0.2, -0.15) is 0 Å². The molecule has 3 aromatic rings. The highest BCUT2D eigenvalue weighted by atomic mass is 35.5. The molecule has 1 aliphatic rings. The molecule has 25 heavy (non-hydrogen) atoms. The number of fused-ring (bicyclic) bond motifs is 2. The number of nitrogens with zero attached hydrogens (tertiary/aromatic N) is 2. The molecule has 0 amide bonds. The van der Waals surface area contributed by atoms with Gasteiger partial charge in [0.05, 0.1) is 12.8 Å². The summed E-state index contributed by atoms with van der Waals surface area (Å²) in [5.74, 6) is 1.37. The number of halogens is 1. The third-order valence-corrected chi connectivity index (χ3v) is 4.48. The van der Waals surface area contributed by atoms with Crippen LogP contribution in [0.15, 0.2) is 65.7 Å². The largest absolute Gasteiger partial charge is 0.496 e. The summed E-state index contributed by atoms with van der Waals surface area (Å²) in [4.78, 5) is 6.79. The van der Waals surface area contributed by atoms with Gasteiger partial charge in [-0.05, 0) is 30.2 Å². The maximum absolute atomic E-state index is 6.33. The molecular weight excluding hydrogens is 334 g/mol. The average molecular weight is 354 g/mol. The van der Waals surface area contributed by atoms with Gasteiger partial charge in [0.15, 0.2) is 0 Å². The molecule has 1 heterocycles. The van der Waals surface area contributed by atoms with Gasteiger partial charge < -0.3 is 15.4 Å². The predicted molar refractivity (Wildman–Crippen MR) is 107 cm³/mol. The van der Waals surface area contributed by atoms with Crippen LogP contribution in [0, 0.1) is 0 Å². The van der Waals surface area contributed by atoms with E-state index in [1.165, 1.54) is 5.56 Å². The van der Waals surface area contributed by atoms with E-state index in [4.69, 9.17) is 15.5 Å². The van der Waals surface area contributed by atoms with Gasteiger partial charge in [0.2, 0.25) is 5.96 Å². The monoisotopic (exact) mass is 353 g/mol. The summed E-state index contributed by atoms with van der Waals surface area (Å²) < 4.78 is 5.44. The Morgan fingerprint density at radius 2 is 1.76 bits per heavy atom. The zero-order valence-electron chi connectivity index (χ0n) is 14.0. The highest BCUT2D eigenvalue weighted by molar-refractivity contribution is 6.02. The second kappa shape index (κ2) is 7.03. The standard InChI is InChI=1S/C20H19N3O.ClH/c1-24-19-11-5-7-15-16(19)8-4-9-17(15)22-20(21)23-13-12-14-6-2-3-10-18(14)23;/h2-11H,12-13H2,1H3,(H2,21,22);1H. The van der Waals surface area contributed by atoms with Crippen molar-refractivity contribution >= 4 is 40.5 Å². The number of benzene rings is 3. The van der Waals surface area contributed by atoms with Gasteiger partial charge in [0.1, 0.15) is 5.75 Å². The molecule has 5 heteroatoms. The van der Waals surface area contributed by atoms with E-state index in [1.54, 1.807) is 7.11 Å². The molecule has 2 N–H and O–H groups in total. The predicted octanol–water partition coefficient (Wildman–Crippen LogP) is 4.28. The number of hydrogen-bond acceptors (Lipinski definition) is 2. The second-order valence-corrected chi connectivity index (χ2v) is 5.83. The van der Waals surface area contributed by atoms with Crippen LogP contribution in [0.1, 0.15) is 5.56 Å². The molecule has 3 aromatic carbocycles. The smallest absolute Gasteiger partial charge is 0.201 e. The van der Waals surface area contributed by atoms with Crippen LogP contribution in [0.4, 0.5) is 11.4 Å². The van der Waals surface area contributed by atoms with Crippen LogP contribution >= 0.6 is 12.4 Å². The number of nitrogens with two attached hydrogens (primary N) is 1. The summed E-state index contributed by atoms with van der Waals surface area (Å²) in [6.45, 7) is 0.864. The molecule has 0 fully saturated rings. The molecule has 0 bridgehead atoms. The third-order valence-electron chi connectivity index (χ3n) is 4.48. The number of ether oxygens (including phenoxy) is 1. The highest BCUT2D eigenvalue weighted by Gasteiger charge is 2.21. The summed E-state index contributed by atoms with van der Waals surface area (Å²) in [5.41, 5.74) is 9.65. The summed E-state index contributed by atoms with van der Waals surface area (Å²) in [6, 6.07) is 20.3. The van der Waals surface area contributed by atoms with E-state index in [0.717, 1.165) is 40.9 Å². The first-order chi connectivity index (χ1) is 11.8. The van der Waals surface area contributed by atoms with E-state index in [0.29, 0.717) is 5.96 Å². The van der Waals surface area contributed by atoms with Crippen molar-refractivity contribution in [1.82, 2.24) is 0 Å². The van der Waals surface area contributed by atoms with Crippen LogP contribution in [0.2, 0.25) is 0 Å². The Labute approximate surface area is 153 Å². The molecule has 0 unspecified atom stereocenters. The molecule has 1 aliphatic heterocycles. The maximum atomic E-state index is 6.33. The Kier molecular flexibility index (Phi) is 4.81. The first-order valence-corrected chi connectivity index (χ1v) is 8.03. The normalized spacial score (nSPS) is 13.5. The fraction of sp³-hybridized carbons (Fsp3) is 0.150. The van der Waals surface area contributed by atoms with Gasteiger partial charge in [-0.1, -0.05) is 42.5 Å². The van der Waals surface area contributed by atoms with E-state index in [9.17, 15) is 0 Å². The topological polar surface area (TPSA) is 50.9 Å². The fourth-order valence-corrected chi connectivity index (χ4v) is 3.30. The quantitative estimate of drug-likeness (QED) is 0.552. The van der Waals surface area contributed by atoms with Crippen molar-refractivity contribution in [1.29, 1.82) is 0 Å². The van der Waals surface area contributed by atoms with Crippen LogP contribution in [-0.2, 0) is 6.42 Å². The van der Waals surface area contributed by atoms with Crippen molar-refractivity contribution in [3.8, 4) is 5.75 Å². The first-order valence-electron chi connectivity index (χ1n) is 8.03. The summed E-state index contributed by atoms with van der Waals surface area (Å²) in [5, 5.41) is 2.07. The van der Waals surface area contributed by atoms with Crippen molar-refractivity contribution in [2.24, 2.45) is 10.7 Å². The molecule has 4 nitrogen and oxygen atoms in total. The minimum Gasteiger partial charge on any atom is -0.496 e. The number of anilines is 1. The third kappa shape index (κ3) is 3.01. The molecular formula is C20H20ClN3O. The maximum Gasteiger partial charge on any atom is 0.201 e. The summed E-state index contributed by atoms with van der Waals surface area (Å²) in [6.07, 6.45) is 0.996. The molecule has 0 aromatic heterocycles. The van der Waals surface area contributed by atoms with E-state index < -0.39 is 0 Å². The lowest BCUT2D eigenvalue weighted by atomic mass is 10.1. The zero-order chi connectivity index (χ0) is 16.5. The van der Waals surface area contributed by atoms with E-state index in [1.807, 2.05) is 42.5 Å². The minimum atomic E-state index is 0. The van der Waals surface area contributed by atoms with Crippen LogP contribution in [-0.4, -0.2) is 19.6 Å². The van der Waals surface area contributed by atoms with Crippen molar-refractivity contribution in [3.05, 3.63) is 66.2 Å². The van der Waals surface area contributed by atoms with Crippen LogP contribution in [0.3, 0.4) is 0 Å². The number of hydrogen-bond donors (Lipinski definition) is 1. The van der Waals surface area contributed by atoms with E-state index >= 15 is 0 Å². The Bertz CT molecular complexity index is 939. The SMILES string of the molecule is COc1cccc2c(N=C(N)N3CCc4ccccc43)cccc12.Cl. The number of rotatable bonds is 2. The Hall–Kier alpha value is -2.72. The fourth-order valence-electron chi connectivity index (χ4n) is 3.30. The Morgan fingerprint density at radius 3 is 2.60 bits per heavy atom. The van der Waals surface area contributed by atoms with Crippen molar-refractivity contribution in [3.63, 3.8) is 0 Å². The number of para-hydroxylation sites is 1. The molecule has 0 aliphatic carbocycles. The van der Waals surface area contributed by atoms with Crippen molar-refractivity contribution in [2.45, 2.75) is 6.42 Å². The van der Waals surface area contributed by atoms with Gasteiger partial charge in [-0.25, -0.2) is 4.99 Å². The van der Waals surface area contributed by atoms with E-state index in [2.05, 4.69) is 23.1 Å². The van der Waals surface area contributed by atoms with Gasteiger partial charge in [0.25, 0.3) is 0 Å². The van der Waals surface area contributed by atoms with Crippen molar-refractivity contribution in [2.75, 3.05) is 18.6 Å². The summed E-state index contributed by atoms with van der Waals surface area (Å²) >= 11 is 0. The molecule has 0 spiro atoms. The highest BCUT2D eigenvalue weighted by Crippen LogP contribution is 2.33. The van der Waals surface area contributed by atoms with Gasteiger partial charge >= 0.3 is 0 Å². The molecule has 0 saturated heterocycles. The molecule has 0 saturated carbocycles. The second-order valence-electron chi connectivity index (χ2n) is 5.83. The van der Waals surface area contributed by atoms with Gasteiger partial charge in [-0.3, -0.25) is 0 Å². The van der Waals surface area contributed by atoms with Gasteiger partial charge in [-0.15, -0.1) is 12.4 Å². The molecule has 0 radical (unpaired) electrons. The Morgan fingerprint density at radius 1 is 1.00 bits per heavy atom. The van der Waals surface area contributed by atoms with Crippen molar-refractivity contribution < 1.29 is 4.74 Å². The molecule has 0 atom stereocenters. The lowest BCUT2D eigenvalue weighted by Crippen LogP contribution is -2.35. The number of guanidine groups is 1. The number of methoxy groups -OCH3 is 1.